The molecule has 0 aromatic rings. The van der Waals surface area contributed by atoms with Crippen LogP contribution in [0.2, 0.25) is 0 Å². The lowest BCUT2D eigenvalue weighted by Crippen LogP contribution is -2.59. The van der Waals surface area contributed by atoms with Crippen LogP contribution in [-0.2, 0) is 9.59 Å². The highest BCUT2D eigenvalue weighted by atomic mass is 16.4. The fourth-order valence-corrected chi connectivity index (χ4v) is 5.32. The van der Waals surface area contributed by atoms with Gasteiger partial charge >= 0.3 is 5.97 Å². The number of aliphatic hydroxyl groups is 1. The first-order valence-electron chi connectivity index (χ1n) is 5.92. The number of rotatable bonds is 1. The molecular weight excluding hydrogens is 208 g/mol. The van der Waals surface area contributed by atoms with Crippen LogP contribution in [0.15, 0.2) is 0 Å². The van der Waals surface area contributed by atoms with Gasteiger partial charge in [-0.2, -0.15) is 0 Å². The van der Waals surface area contributed by atoms with Crippen molar-refractivity contribution in [1.29, 1.82) is 0 Å². The lowest BCUT2D eigenvalue weighted by Gasteiger charge is -2.54. The molecule has 0 aromatic heterocycles. The molecule has 3 bridgehead atoms. The predicted octanol–water partition coefficient (Wildman–Crippen LogP) is 0.581. The Labute approximate surface area is 92.6 Å². The van der Waals surface area contributed by atoms with Gasteiger partial charge < -0.3 is 10.2 Å². The van der Waals surface area contributed by atoms with E-state index in [-0.39, 0.29) is 23.0 Å². The fourth-order valence-electron chi connectivity index (χ4n) is 5.32. The van der Waals surface area contributed by atoms with Crippen molar-refractivity contribution in [2.75, 3.05) is 0 Å². The van der Waals surface area contributed by atoms with Crippen LogP contribution in [0.4, 0.5) is 0 Å². The van der Waals surface area contributed by atoms with E-state index >= 15 is 0 Å². The van der Waals surface area contributed by atoms with Gasteiger partial charge in [0, 0.05) is 17.3 Å². The Morgan fingerprint density at radius 2 is 2.00 bits per heavy atom. The molecule has 4 aliphatic carbocycles. The Kier molecular flexibility index (Phi) is 1.19. The quantitative estimate of drug-likeness (QED) is 0.680. The molecule has 0 saturated heterocycles. The molecule has 0 amide bonds. The summed E-state index contributed by atoms with van der Waals surface area (Å²) in [6, 6.07) is 0. The molecule has 4 nitrogen and oxygen atoms in total. The third-order valence-electron chi connectivity index (χ3n) is 5.87. The molecule has 4 aliphatic rings. The molecule has 16 heavy (non-hydrogen) atoms. The first-order chi connectivity index (χ1) is 7.43. The van der Waals surface area contributed by atoms with Gasteiger partial charge in [-0.3, -0.25) is 9.59 Å². The number of carbonyl (C=O) groups is 2. The minimum Gasteiger partial charge on any atom is -0.481 e. The molecule has 0 radical (unpaired) electrons. The number of ketones is 1. The van der Waals surface area contributed by atoms with Crippen molar-refractivity contribution >= 4 is 11.8 Å². The van der Waals surface area contributed by atoms with Gasteiger partial charge in [0.15, 0.2) is 0 Å². The number of hydrogen-bond acceptors (Lipinski definition) is 3. The highest BCUT2D eigenvalue weighted by Gasteiger charge is 2.82. The summed E-state index contributed by atoms with van der Waals surface area (Å²) in [5.74, 6) is -0.710. The van der Waals surface area contributed by atoms with Crippen molar-refractivity contribution in [1.82, 2.24) is 0 Å². The second-order valence-electron chi connectivity index (χ2n) is 6.39. The zero-order chi connectivity index (χ0) is 11.3. The second kappa shape index (κ2) is 2.08. The van der Waals surface area contributed by atoms with Crippen molar-refractivity contribution in [2.24, 2.45) is 22.7 Å². The average Bonchev–Trinajstić information content (AvgIpc) is 2.46. The Morgan fingerprint density at radius 1 is 1.25 bits per heavy atom. The van der Waals surface area contributed by atoms with Crippen molar-refractivity contribution in [2.45, 2.75) is 37.7 Å². The SMILES string of the molecule is O=C1C2CC3(C(=O)O)CC4(O)CC1C4(C2)C3. The van der Waals surface area contributed by atoms with Crippen molar-refractivity contribution in [3.05, 3.63) is 0 Å². The van der Waals surface area contributed by atoms with Crippen LogP contribution < -0.4 is 0 Å². The predicted molar refractivity (Wildman–Crippen MR) is 52.5 cm³/mol. The monoisotopic (exact) mass is 222 g/mol. The maximum Gasteiger partial charge on any atom is 0.309 e. The molecule has 0 aliphatic heterocycles. The number of aliphatic carboxylic acids is 1. The van der Waals surface area contributed by atoms with E-state index in [4.69, 9.17) is 0 Å². The van der Waals surface area contributed by atoms with E-state index < -0.39 is 17.0 Å². The number of carbonyl (C=O) groups excluding carboxylic acids is 1. The molecule has 5 atom stereocenters. The van der Waals surface area contributed by atoms with Gasteiger partial charge in [-0.25, -0.2) is 0 Å². The Morgan fingerprint density at radius 3 is 2.69 bits per heavy atom. The smallest absolute Gasteiger partial charge is 0.309 e. The number of hydrogen-bond donors (Lipinski definition) is 2. The zero-order valence-electron chi connectivity index (χ0n) is 8.90. The summed E-state index contributed by atoms with van der Waals surface area (Å²) >= 11 is 0. The van der Waals surface area contributed by atoms with Crippen molar-refractivity contribution in [3.63, 3.8) is 0 Å². The van der Waals surface area contributed by atoms with Gasteiger partial charge in [0.25, 0.3) is 0 Å². The fraction of sp³-hybridized carbons (Fsp3) is 0.833. The van der Waals surface area contributed by atoms with Crippen molar-refractivity contribution in [3.8, 4) is 0 Å². The van der Waals surface area contributed by atoms with E-state index in [1.165, 1.54) is 0 Å². The Bertz CT molecular complexity index is 444. The first kappa shape index (κ1) is 9.16. The van der Waals surface area contributed by atoms with Gasteiger partial charge in [-0.1, -0.05) is 0 Å². The highest BCUT2D eigenvalue weighted by molar-refractivity contribution is 5.92. The van der Waals surface area contributed by atoms with Crippen LogP contribution in [-0.4, -0.2) is 27.6 Å². The van der Waals surface area contributed by atoms with Gasteiger partial charge in [0.2, 0.25) is 0 Å². The molecule has 86 valence electrons. The summed E-state index contributed by atoms with van der Waals surface area (Å²) in [5.41, 5.74) is -2.01. The Hall–Kier alpha value is -0.900. The first-order valence-corrected chi connectivity index (χ1v) is 5.92. The largest absolute Gasteiger partial charge is 0.481 e. The summed E-state index contributed by atoms with van der Waals surface area (Å²) in [4.78, 5) is 23.5. The average molecular weight is 222 g/mol. The summed E-state index contributed by atoms with van der Waals surface area (Å²) < 4.78 is 0. The summed E-state index contributed by atoms with van der Waals surface area (Å²) in [6.07, 6.45) is 2.61. The number of carboxylic acid groups (broad SMARTS) is 1. The number of Topliss-reactive ketones (excluding diaryl/α,β-unsaturated/α-hetero) is 1. The van der Waals surface area contributed by atoms with Gasteiger partial charge in [0.05, 0.1) is 11.0 Å². The van der Waals surface area contributed by atoms with E-state index in [9.17, 15) is 19.8 Å². The minimum absolute atomic E-state index is 0.0359. The van der Waals surface area contributed by atoms with E-state index in [1.807, 2.05) is 0 Å². The molecule has 0 aromatic carbocycles. The third-order valence-corrected chi connectivity index (χ3v) is 5.87. The molecule has 4 fully saturated rings. The van der Waals surface area contributed by atoms with E-state index in [0.717, 1.165) is 6.42 Å². The van der Waals surface area contributed by atoms with Gasteiger partial charge in [-0.05, 0) is 32.1 Å². The topological polar surface area (TPSA) is 74.6 Å². The Balaban J connectivity index is 1.92. The minimum atomic E-state index is -0.850. The lowest BCUT2D eigenvalue weighted by atomic mass is 9.52. The van der Waals surface area contributed by atoms with Crippen LogP contribution in [0.25, 0.3) is 0 Å². The van der Waals surface area contributed by atoms with Crippen LogP contribution in [0.5, 0.6) is 0 Å². The van der Waals surface area contributed by atoms with Crippen LogP contribution in [0.1, 0.15) is 32.1 Å². The van der Waals surface area contributed by atoms with E-state index in [1.54, 1.807) is 0 Å². The zero-order valence-corrected chi connectivity index (χ0v) is 8.90. The molecule has 4 saturated carbocycles. The van der Waals surface area contributed by atoms with Crippen molar-refractivity contribution < 1.29 is 19.8 Å². The molecule has 4 heteroatoms. The number of fused-ring (bicyclic) bond motifs is 2. The maximum absolute atomic E-state index is 12.0. The van der Waals surface area contributed by atoms with Crippen LogP contribution in [0, 0.1) is 22.7 Å². The van der Waals surface area contributed by atoms with Gasteiger partial charge in [-0.15, -0.1) is 0 Å². The molecular formula is C12H14O4. The normalized spacial score (nSPS) is 60.9. The van der Waals surface area contributed by atoms with Crippen LogP contribution in [0.3, 0.4) is 0 Å². The molecule has 0 heterocycles. The second-order valence-corrected chi connectivity index (χ2v) is 6.39. The van der Waals surface area contributed by atoms with Gasteiger partial charge in [0.1, 0.15) is 5.78 Å². The molecule has 5 unspecified atom stereocenters. The molecule has 2 N–H and O–H groups in total. The number of carboxylic acids is 1. The lowest BCUT2D eigenvalue weighted by molar-refractivity contribution is -0.181. The summed E-state index contributed by atoms with van der Waals surface area (Å²) in [5, 5.41) is 19.9. The molecule has 4 rings (SSSR count). The highest BCUT2D eigenvalue weighted by Crippen LogP contribution is 2.79. The van der Waals surface area contributed by atoms with E-state index in [2.05, 4.69) is 0 Å². The summed E-state index contributed by atoms with van der Waals surface area (Å²) in [6.45, 7) is 0. The summed E-state index contributed by atoms with van der Waals surface area (Å²) in [7, 11) is 0. The maximum atomic E-state index is 12.0. The molecule has 1 spiro atoms. The van der Waals surface area contributed by atoms with E-state index in [0.29, 0.717) is 25.7 Å². The third kappa shape index (κ3) is 0.632. The standard InChI is InChI=1S/C12H14O4/c13-8-6-1-10(9(14)15)4-11(2-6)7(8)3-12(11,16)5-10/h6-7,16H,1-5H2,(H,14,15). The van der Waals surface area contributed by atoms with Crippen LogP contribution >= 0.6 is 0 Å².